The number of nitrogens with one attached hydrogen (secondary N) is 1. The van der Waals surface area contributed by atoms with Gasteiger partial charge in [0.2, 0.25) is 0 Å². The highest BCUT2D eigenvalue weighted by Gasteiger charge is 2.33. The third kappa shape index (κ3) is 5.04. The summed E-state index contributed by atoms with van der Waals surface area (Å²) in [5.74, 6) is 1.82. The Labute approximate surface area is 167 Å². The predicted molar refractivity (Wildman–Crippen MR) is 107 cm³/mol. The maximum absolute atomic E-state index is 12.6. The molecule has 2 atom stereocenters. The van der Waals surface area contributed by atoms with Gasteiger partial charge in [-0.15, -0.1) is 11.3 Å². The number of benzene rings is 1. The molecule has 0 amide bonds. The molecule has 3 rings (SSSR count). The van der Waals surface area contributed by atoms with Crippen LogP contribution in [-0.2, 0) is 12.6 Å². The molecule has 1 aromatic heterocycles. The Morgan fingerprint density at radius 3 is 2.68 bits per heavy atom. The first-order chi connectivity index (χ1) is 13.4. The van der Waals surface area contributed by atoms with E-state index in [0.717, 1.165) is 42.2 Å². The first kappa shape index (κ1) is 20.6. The van der Waals surface area contributed by atoms with Crippen molar-refractivity contribution in [2.45, 2.75) is 31.9 Å². The molecule has 0 bridgehead atoms. The van der Waals surface area contributed by atoms with Crippen LogP contribution in [0, 0.1) is 5.92 Å². The molecule has 0 radical (unpaired) electrons. The molecule has 0 saturated carbocycles. The van der Waals surface area contributed by atoms with E-state index in [1.807, 2.05) is 6.07 Å². The summed E-state index contributed by atoms with van der Waals surface area (Å²) in [5.41, 5.74) is 0.565. The van der Waals surface area contributed by atoms with Crippen LogP contribution in [0.1, 0.15) is 35.5 Å². The second kappa shape index (κ2) is 8.94. The molecule has 2 aromatic rings. The zero-order valence-corrected chi connectivity index (χ0v) is 16.9. The number of nitrogens with zero attached hydrogens (tertiary/aromatic N) is 3. The fourth-order valence-electron chi connectivity index (χ4n) is 3.70. The van der Waals surface area contributed by atoms with Crippen molar-refractivity contribution in [2.75, 3.05) is 26.7 Å². The molecule has 1 aliphatic rings. The number of hydrogen-bond acceptors (Lipinski definition) is 3. The van der Waals surface area contributed by atoms with Crippen LogP contribution in [0.5, 0.6) is 0 Å². The highest BCUT2D eigenvalue weighted by molar-refractivity contribution is 7.09. The topological polar surface area (TPSA) is 40.5 Å². The zero-order valence-electron chi connectivity index (χ0n) is 16.0. The van der Waals surface area contributed by atoms with Gasteiger partial charge in [0.15, 0.2) is 11.7 Å². The summed E-state index contributed by atoms with van der Waals surface area (Å²) in [4.78, 5) is 10.3. The van der Waals surface area contributed by atoms with Gasteiger partial charge in [0.25, 0.3) is 0 Å². The Bertz CT molecular complexity index is 788. The van der Waals surface area contributed by atoms with Crippen LogP contribution in [-0.4, -0.2) is 42.5 Å². The smallest absolute Gasteiger partial charge is 0.356 e. The van der Waals surface area contributed by atoms with Crippen molar-refractivity contribution in [2.24, 2.45) is 10.9 Å². The Balaban J connectivity index is 1.51. The average molecular weight is 411 g/mol. The number of likely N-dealkylation sites (tertiary alicyclic amines) is 1. The third-order valence-electron chi connectivity index (χ3n) is 5.11. The molecule has 8 heteroatoms. The number of piperidine rings is 1. The molecule has 0 aliphatic carbocycles. The Morgan fingerprint density at radius 1 is 1.32 bits per heavy atom. The minimum atomic E-state index is -4.38. The van der Waals surface area contributed by atoms with E-state index in [0.29, 0.717) is 29.8 Å². The lowest BCUT2D eigenvalue weighted by molar-refractivity contribution is -0.140. The van der Waals surface area contributed by atoms with Crippen molar-refractivity contribution in [3.05, 3.63) is 52.0 Å². The highest BCUT2D eigenvalue weighted by atomic mass is 32.1. The lowest BCUT2D eigenvalue weighted by Gasteiger charge is -2.38. The van der Waals surface area contributed by atoms with Crippen molar-refractivity contribution >= 4 is 17.3 Å². The quantitative estimate of drug-likeness (QED) is 0.600. The molecule has 2 unspecified atom stereocenters. The van der Waals surface area contributed by atoms with Crippen LogP contribution in [0.4, 0.5) is 13.2 Å². The molecule has 2 heterocycles. The van der Waals surface area contributed by atoms with E-state index in [4.69, 9.17) is 0 Å². The fraction of sp³-hybridized carbons (Fsp3) is 0.500. The molecular weight excluding hydrogens is 385 g/mol. The zero-order chi connectivity index (χ0) is 20.1. The second-order valence-electron chi connectivity index (χ2n) is 7.08. The van der Waals surface area contributed by atoms with E-state index >= 15 is 0 Å². The van der Waals surface area contributed by atoms with E-state index in [-0.39, 0.29) is 0 Å². The van der Waals surface area contributed by atoms with Crippen molar-refractivity contribution in [1.29, 1.82) is 0 Å². The van der Waals surface area contributed by atoms with Crippen molar-refractivity contribution in [3.63, 3.8) is 0 Å². The molecule has 152 valence electrons. The first-order valence-electron chi connectivity index (χ1n) is 9.40. The number of aromatic nitrogens is 1. The molecule has 1 aliphatic heterocycles. The Kier molecular flexibility index (Phi) is 6.59. The van der Waals surface area contributed by atoms with Crippen molar-refractivity contribution < 1.29 is 13.2 Å². The number of thiazole rings is 1. The summed E-state index contributed by atoms with van der Waals surface area (Å²) in [6.45, 7) is 4.56. The van der Waals surface area contributed by atoms with Crippen molar-refractivity contribution in [3.8, 4) is 0 Å². The molecule has 1 saturated heterocycles. The monoisotopic (exact) mass is 410 g/mol. The van der Waals surface area contributed by atoms with Crippen LogP contribution in [0.15, 0.2) is 40.7 Å². The Morgan fingerprint density at radius 2 is 2.07 bits per heavy atom. The molecule has 1 N–H and O–H groups in total. The molecule has 28 heavy (non-hydrogen) atoms. The lowest BCUT2D eigenvalue weighted by Crippen LogP contribution is -2.48. The SMILES string of the molecule is CN=C(NCCc1nc(C(F)(F)F)cs1)N1CCC(c2ccccc2)C(C)C1. The van der Waals surface area contributed by atoms with E-state index in [9.17, 15) is 13.2 Å². The third-order valence-corrected chi connectivity index (χ3v) is 6.02. The van der Waals surface area contributed by atoms with Gasteiger partial charge < -0.3 is 10.2 Å². The largest absolute Gasteiger partial charge is 0.434 e. The number of alkyl halides is 3. The van der Waals surface area contributed by atoms with Gasteiger partial charge in [-0.2, -0.15) is 13.2 Å². The summed E-state index contributed by atoms with van der Waals surface area (Å²) < 4.78 is 37.9. The van der Waals surface area contributed by atoms with E-state index in [1.165, 1.54) is 5.56 Å². The van der Waals surface area contributed by atoms with Gasteiger partial charge in [0.1, 0.15) is 0 Å². The summed E-state index contributed by atoms with van der Waals surface area (Å²) >= 11 is 1.04. The van der Waals surface area contributed by atoms with Gasteiger partial charge in [0.05, 0.1) is 5.01 Å². The van der Waals surface area contributed by atoms with Crippen LogP contribution in [0.3, 0.4) is 0 Å². The van der Waals surface area contributed by atoms with Crippen LogP contribution in [0.25, 0.3) is 0 Å². The average Bonchev–Trinajstić information content (AvgIpc) is 3.15. The van der Waals surface area contributed by atoms with Gasteiger partial charge in [0, 0.05) is 38.5 Å². The second-order valence-corrected chi connectivity index (χ2v) is 8.02. The number of rotatable bonds is 4. The van der Waals surface area contributed by atoms with E-state index in [1.54, 1.807) is 7.05 Å². The highest BCUT2D eigenvalue weighted by Crippen LogP contribution is 2.32. The summed E-state index contributed by atoms with van der Waals surface area (Å²) in [5, 5.41) is 4.82. The molecule has 0 spiro atoms. The van der Waals surface area contributed by atoms with Crippen LogP contribution < -0.4 is 5.32 Å². The molecule has 4 nitrogen and oxygen atoms in total. The summed E-state index contributed by atoms with van der Waals surface area (Å²) in [6, 6.07) is 10.6. The van der Waals surface area contributed by atoms with E-state index < -0.39 is 11.9 Å². The minimum absolute atomic E-state index is 0.440. The maximum Gasteiger partial charge on any atom is 0.434 e. The Hall–Kier alpha value is -2.09. The molecular formula is C20H25F3N4S. The van der Waals surface area contributed by atoms with Gasteiger partial charge >= 0.3 is 6.18 Å². The van der Waals surface area contributed by atoms with Gasteiger partial charge in [-0.1, -0.05) is 37.3 Å². The van der Waals surface area contributed by atoms with E-state index in [2.05, 4.69) is 51.4 Å². The van der Waals surface area contributed by atoms with Crippen LogP contribution in [0.2, 0.25) is 0 Å². The molecule has 1 aromatic carbocycles. The normalized spacial score (nSPS) is 21.0. The summed E-state index contributed by atoms with van der Waals surface area (Å²) in [7, 11) is 1.74. The number of hydrogen-bond donors (Lipinski definition) is 1. The lowest BCUT2D eigenvalue weighted by atomic mass is 9.82. The number of guanidine groups is 1. The van der Waals surface area contributed by atoms with Gasteiger partial charge in [-0.05, 0) is 23.8 Å². The van der Waals surface area contributed by atoms with Gasteiger partial charge in [-0.3, -0.25) is 4.99 Å². The fourth-order valence-corrected chi connectivity index (χ4v) is 4.51. The molecule has 1 fully saturated rings. The summed E-state index contributed by atoms with van der Waals surface area (Å²) in [6.07, 6.45) is -2.89. The van der Waals surface area contributed by atoms with Gasteiger partial charge in [-0.25, -0.2) is 4.98 Å². The first-order valence-corrected chi connectivity index (χ1v) is 10.3. The van der Waals surface area contributed by atoms with Crippen molar-refractivity contribution in [1.82, 2.24) is 15.2 Å². The minimum Gasteiger partial charge on any atom is -0.356 e. The predicted octanol–water partition coefficient (Wildman–Crippen LogP) is 4.41. The number of halogens is 3. The maximum atomic E-state index is 12.6. The standard InChI is InChI=1S/C20H25F3N4S/c1-14-12-27(11-9-16(14)15-6-4-3-5-7-15)19(24-2)25-10-8-18-26-17(13-28-18)20(21,22)23/h3-7,13-14,16H,8-12H2,1-2H3,(H,24,25). The number of aliphatic imine (C=N–C) groups is 1. The van der Waals surface area contributed by atoms with Crippen LogP contribution >= 0.6 is 11.3 Å².